The van der Waals surface area contributed by atoms with Gasteiger partial charge in [-0.25, -0.2) is 0 Å². The number of anilines is 1. The normalized spacial score (nSPS) is 11.7. The van der Waals surface area contributed by atoms with Crippen molar-refractivity contribution in [3.8, 4) is 0 Å². The van der Waals surface area contributed by atoms with Gasteiger partial charge in [0.05, 0.1) is 12.3 Å². The van der Waals surface area contributed by atoms with Gasteiger partial charge in [0.15, 0.2) is 0 Å². The molecule has 0 aliphatic rings. The summed E-state index contributed by atoms with van der Waals surface area (Å²) in [7, 11) is 0. The number of aryl methyl sites for hydroxylation is 2. The smallest absolute Gasteiger partial charge is 0.304 e. The predicted octanol–water partition coefficient (Wildman–Crippen LogP) is 3.58. The van der Waals surface area contributed by atoms with Gasteiger partial charge in [-0.15, -0.1) is 0 Å². The summed E-state index contributed by atoms with van der Waals surface area (Å²) in [5.41, 5.74) is 3.69. The quantitative estimate of drug-likeness (QED) is 0.857. The van der Waals surface area contributed by atoms with Crippen molar-refractivity contribution in [3.05, 3.63) is 65.2 Å². The number of rotatable bonds is 6. The van der Waals surface area contributed by atoms with Crippen LogP contribution in [-0.4, -0.2) is 17.0 Å². The van der Waals surface area contributed by atoms with Gasteiger partial charge in [0, 0.05) is 5.69 Å². The number of carboxylic acid groups (broad SMARTS) is 1. The van der Waals surface area contributed by atoms with Crippen molar-refractivity contribution >= 4 is 17.6 Å². The molecule has 2 rings (SSSR count). The fourth-order valence-electron chi connectivity index (χ4n) is 2.47. The number of carbonyl (C=O) groups excluding carboxylic acids is 1. The van der Waals surface area contributed by atoms with Crippen molar-refractivity contribution in [2.45, 2.75) is 26.7 Å². The number of nitrogens with one attached hydrogen (secondary N) is 1. The van der Waals surface area contributed by atoms with Gasteiger partial charge in [0.25, 0.3) is 0 Å². The average Bonchev–Trinajstić information content (AvgIpc) is 2.51. The van der Waals surface area contributed by atoms with Crippen LogP contribution in [-0.2, 0) is 16.0 Å². The molecule has 0 aromatic heterocycles. The molecule has 2 aromatic rings. The lowest BCUT2D eigenvalue weighted by Crippen LogP contribution is -2.27. The number of amides is 1. The van der Waals surface area contributed by atoms with Crippen LogP contribution in [0.4, 0.5) is 5.69 Å². The summed E-state index contributed by atoms with van der Waals surface area (Å²) >= 11 is 0. The van der Waals surface area contributed by atoms with E-state index in [0.29, 0.717) is 6.42 Å². The van der Waals surface area contributed by atoms with Gasteiger partial charge in [-0.05, 0) is 43.0 Å². The number of carbonyl (C=O) groups is 2. The maximum atomic E-state index is 12.5. The second kappa shape index (κ2) is 7.58. The molecule has 1 amide bonds. The second-order valence-corrected chi connectivity index (χ2v) is 5.79. The van der Waals surface area contributed by atoms with Crippen LogP contribution in [0.25, 0.3) is 0 Å². The van der Waals surface area contributed by atoms with Crippen LogP contribution in [0.1, 0.15) is 23.1 Å². The van der Waals surface area contributed by atoms with Gasteiger partial charge < -0.3 is 10.4 Å². The first kappa shape index (κ1) is 16.7. The Kier molecular flexibility index (Phi) is 5.52. The van der Waals surface area contributed by atoms with Crippen LogP contribution in [0, 0.1) is 19.8 Å². The molecule has 0 unspecified atom stereocenters. The molecule has 0 spiro atoms. The largest absolute Gasteiger partial charge is 0.481 e. The lowest BCUT2D eigenvalue weighted by Gasteiger charge is -2.16. The third-order valence-corrected chi connectivity index (χ3v) is 3.77. The molecule has 1 atom stereocenters. The molecular formula is C19H21NO3. The van der Waals surface area contributed by atoms with Crippen molar-refractivity contribution in [1.29, 1.82) is 0 Å². The molecule has 0 aliphatic carbocycles. The number of carboxylic acids is 1. The Morgan fingerprint density at radius 3 is 2.43 bits per heavy atom. The standard InChI is InChI=1S/C19H21NO3/c1-13-8-9-14(2)17(10-13)20-19(23)16(12-18(21)22)11-15-6-4-3-5-7-15/h3-10,16H,11-12H2,1-2H3,(H,20,23)(H,21,22)/t16-/m0/s1. The molecule has 120 valence electrons. The highest BCUT2D eigenvalue weighted by Gasteiger charge is 2.22. The summed E-state index contributed by atoms with van der Waals surface area (Å²) in [6.45, 7) is 3.87. The van der Waals surface area contributed by atoms with Crippen molar-refractivity contribution < 1.29 is 14.7 Å². The Morgan fingerprint density at radius 2 is 1.78 bits per heavy atom. The highest BCUT2D eigenvalue weighted by Crippen LogP contribution is 2.20. The minimum atomic E-state index is -0.970. The predicted molar refractivity (Wildman–Crippen MR) is 90.4 cm³/mol. The molecule has 0 bridgehead atoms. The van der Waals surface area contributed by atoms with E-state index in [0.717, 1.165) is 22.4 Å². The maximum absolute atomic E-state index is 12.5. The van der Waals surface area contributed by atoms with Gasteiger partial charge in [0.2, 0.25) is 5.91 Å². The van der Waals surface area contributed by atoms with Crippen LogP contribution in [0.2, 0.25) is 0 Å². The molecule has 0 heterocycles. The lowest BCUT2D eigenvalue weighted by molar-refractivity contribution is -0.140. The minimum Gasteiger partial charge on any atom is -0.481 e. The van der Waals surface area contributed by atoms with Crippen LogP contribution in [0.15, 0.2) is 48.5 Å². The average molecular weight is 311 g/mol. The van der Waals surface area contributed by atoms with Crippen LogP contribution >= 0.6 is 0 Å². The molecule has 4 nitrogen and oxygen atoms in total. The SMILES string of the molecule is Cc1ccc(C)c(NC(=O)[C@H](CC(=O)O)Cc2ccccc2)c1. The van der Waals surface area contributed by atoms with E-state index in [1.807, 2.05) is 62.4 Å². The van der Waals surface area contributed by atoms with Crippen molar-refractivity contribution in [3.63, 3.8) is 0 Å². The van der Waals surface area contributed by atoms with Gasteiger partial charge in [0.1, 0.15) is 0 Å². The highest BCUT2D eigenvalue weighted by atomic mass is 16.4. The fraction of sp³-hybridized carbons (Fsp3) is 0.263. The zero-order chi connectivity index (χ0) is 16.8. The monoisotopic (exact) mass is 311 g/mol. The topological polar surface area (TPSA) is 66.4 Å². The summed E-state index contributed by atoms with van der Waals surface area (Å²) in [6.07, 6.45) is 0.218. The number of hydrogen-bond donors (Lipinski definition) is 2. The van der Waals surface area contributed by atoms with Crippen molar-refractivity contribution in [2.24, 2.45) is 5.92 Å². The van der Waals surface area contributed by atoms with E-state index in [1.54, 1.807) is 0 Å². The molecule has 0 fully saturated rings. The molecule has 0 saturated heterocycles. The Balaban J connectivity index is 2.16. The zero-order valence-electron chi connectivity index (χ0n) is 13.4. The molecule has 0 aliphatic heterocycles. The Labute approximate surface area is 136 Å². The minimum absolute atomic E-state index is 0.189. The molecule has 2 aromatic carbocycles. The molecule has 23 heavy (non-hydrogen) atoms. The lowest BCUT2D eigenvalue weighted by atomic mass is 9.95. The number of hydrogen-bond acceptors (Lipinski definition) is 2. The first-order valence-corrected chi connectivity index (χ1v) is 7.59. The number of aliphatic carboxylic acids is 1. The van der Waals surface area contributed by atoms with Gasteiger partial charge >= 0.3 is 5.97 Å². The summed E-state index contributed by atoms with van der Waals surface area (Å²) in [5.74, 6) is -1.83. The Bertz CT molecular complexity index is 695. The van der Waals surface area contributed by atoms with Crippen molar-refractivity contribution in [2.75, 3.05) is 5.32 Å². The Hall–Kier alpha value is -2.62. The molecular weight excluding hydrogens is 290 g/mol. The molecule has 4 heteroatoms. The summed E-state index contributed by atoms with van der Waals surface area (Å²) < 4.78 is 0. The summed E-state index contributed by atoms with van der Waals surface area (Å²) in [6, 6.07) is 15.3. The van der Waals surface area contributed by atoms with E-state index in [-0.39, 0.29) is 12.3 Å². The van der Waals surface area contributed by atoms with E-state index in [9.17, 15) is 9.59 Å². The van der Waals surface area contributed by atoms with E-state index < -0.39 is 11.9 Å². The third-order valence-electron chi connectivity index (χ3n) is 3.77. The second-order valence-electron chi connectivity index (χ2n) is 5.79. The first-order chi connectivity index (χ1) is 11.0. The van der Waals surface area contributed by atoms with Gasteiger partial charge in [-0.1, -0.05) is 42.5 Å². The van der Waals surface area contributed by atoms with Crippen LogP contribution in [0.5, 0.6) is 0 Å². The van der Waals surface area contributed by atoms with E-state index >= 15 is 0 Å². The van der Waals surface area contributed by atoms with Crippen molar-refractivity contribution in [1.82, 2.24) is 0 Å². The molecule has 0 saturated carbocycles. The molecule has 2 N–H and O–H groups in total. The summed E-state index contributed by atoms with van der Waals surface area (Å²) in [4.78, 5) is 23.6. The van der Waals surface area contributed by atoms with E-state index in [4.69, 9.17) is 5.11 Å². The van der Waals surface area contributed by atoms with Gasteiger partial charge in [-0.2, -0.15) is 0 Å². The third kappa shape index (κ3) is 4.95. The van der Waals surface area contributed by atoms with Crippen LogP contribution in [0.3, 0.4) is 0 Å². The Morgan fingerprint density at radius 1 is 1.09 bits per heavy atom. The fourth-order valence-corrected chi connectivity index (χ4v) is 2.47. The zero-order valence-corrected chi connectivity index (χ0v) is 13.4. The first-order valence-electron chi connectivity index (χ1n) is 7.59. The molecule has 0 radical (unpaired) electrons. The maximum Gasteiger partial charge on any atom is 0.304 e. The van der Waals surface area contributed by atoms with Gasteiger partial charge in [-0.3, -0.25) is 9.59 Å². The van der Waals surface area contributed by atoms with Crippen LogP contribution < -0.4 is 5.32 Å². The number of benzene rings is 2. The van der Waals surface area contributed by atoms with E-state index in [2.05, 4.69) is 5.32 Å². The van der Waals surface area contributed by atoms with E-state index in [1.165, 1.54) is 0 Å². The summed E-state index contributed by atoms with van der Waals surface area (Å²) in [5, 5.41) is 12.0. The highest BCUT2D eigenvalue weighted by molar-refractivity contribution is 5.95.